The SMILES string of the molecule is C=C1NC(=S)N[C@H](c2cc(Cl)ccc2OCC(=O)OCC)[C@H]1C(=O)OCC. The van der Waals surface area contributed by atoms with Gasteiger partial charge in [0.15, 0.2) is 11.7 Å². The van der Waals surface area contributed by atoms with Crippen LogP contribution in [0.5, 0.6) is 5.75 Å². The number of halogens is 1. The van der Waals surface area contributed by atoms with Gasteiger partial charge in [-0.05, 0) is 44.3 Å². The van der Waals surface area contributed by atoms with Gasteiger partial charge >= 0.3 is 11.9 Å². The van der Waals surface area contributed by atoms with Crippen LogP contribution in [0.15, 0.2) is 30.5 Å². The Balaban J connectivity index is 2.37. The van der Waals surface area contributed by atoms with Crippen molar-refractivity contribution in [3.8, 4) is 5.75 Å². The molecular formula is C18H21ClN2O5S. The van der Waals surface area contributed by atoms with Crippen molar-refractivity contribution in [2.75, 3.05) is 19.8 Å². The molecule has 2 atom stereocenters. The van der Waals surface area contributed by atoms with Crippen molar-refractivity contribution in [2.24, 2.45) is 5.92 Å². The first-order chi connectivity index (χ1) is 12.9. The first-order valence-corrected chi connectivity index (χ1v) is 9.16. The highest BCUT2D eigenvalue weighted by Gasteiger charge is 2.39. The molecule has 7 nitrogen and oxygen atoms in total. The molecule has 1 fully saturated rings. The molecule has 0 spiro atoms. The maximum Gasteiger partial charge on any atom is 0.344 e. The number of ether oxygens (including phenoxy) is 3. The van der Waals surface area contributed by atoms with Crippen LogP contribution in [-0.2, 0) is 19.1 Å². The topological polar surface area (TPSA) is 85.9 Å². The lowest BCUT2D eigenvalue weighted by Gasteiger charge is -2.35. The fraction of sp³-hybridized carbons (Fsp3) is 0.389. The highest BCUT2D eigenvalue weighted by atomic mass is 35.5. The second-order valence-corrected chi connectivity index (χ2v) is 6.45. The van der Waals surface area contributed by atoms with Crippen LogP contribution in [-0.4, -0.2) is 36.9 Å². The fourth-order valence-corrected chi connectivity index (χ4v) is 3.12. The molecule has 0 saturated carbocycles. The van der Waals surface area contributed by atoms with E-state index in [1.807, 2.05) is 0 Å². The zero-order chi connectivity index (χ0) is 20.0. The summed E-state index contributed by atoms with van der Waals surface area (Å²) in [5, 5.41) is 6.63. The van der Waals surface area contributed by atoms with Gasteiger partial charge in [0.2, 0.25) is 0 Å². The molecule has 1 aliphatic rings. The molecule has 1 aromatic rings. The van der Waals surface area contributed by atoms with Crippen molar-refractivity contribution >= 4 is 40.9 Å². The maximum absolute atomic E-state index is 12.5. The van der Waals surface area contributed by atoms with Crippen LogP contribution < -0.4 is 15.4 Å². The Bertz CT molecular complexity index is 755. The van der Waals surface area contributed by atoms with Gasteiger partial charge in [-0.1, -0.05) is 18.2 Å². The largest absolute Gasteiger partial charge is 0.482 e. The molecule has 1 aromatic carbocycles. The quantitative estimate of drug-likeness (QED) is 0.522. The predicted molar refractivity (Wildman–Crippen MR) is 104 cm³/mol. The highest BCUT2D eigenvalue weighted by molar-refractivity contribution is 7.80. The first-order valence-electron chi connectivity index (χ1n) is 8.38. The van der Waals surface area contributed by atoms with Gasteiger partial charge in [-0.25, -0.2) is 4.79 Å². The molecule has 0 aliphatic carbocycles. The summed E-state index contributed by atoms with van der Waals surface area (Å²) in [6.45, 7) is 7.52. The van der Waals surface area contributed by atoms with Crippen molar-refractivity contribution in [1.82, 2.24) is 10.6 Å². The molecule has 2 N–H and O–H groups in total. The zero-order valence-electron chi connectivity index (χ0n) is 15.0. The number of carbonyl (C=O) groups excluding carboxylic acids is 2. The van der Waals surface area contributed by atoms with Gasteiger partial charge in [-0.2, -0.15) is 0 Å². The summed E-state index contributed by atoms with van der Waals surface area (Å²) >= 11 is 11.3. The molecule has 1 saturated heterocycles. The Morgan fingerprint density at radius 1 is 1.26 bits per heavy atom. The maximum atomic E-state index is 12.5. The van der Waals surface area contributed by atoms with Gasteiger partial charge < -0.3 is 24.8 Å². The second-order valence-electron chi connectivity index (χ2n) is 5.61. The Morgan fingerprint density at radius 2 is 1.96 bits per heavy atom. The van der Waals surface area contributed by atoms with E-state index in [0.29, 0.717) is 27.1 Å². The summed E-state index contributed by atoms with van der Waals surface area (Å²) in [6.07, 6.45) is 0. The third-order valence-electron chi connectivity index (χ3n) is 3.77. The standard InChI is InChI=1S/C18H21ClN2O5S/c1-4-24-14(22)9-26-13-7-6-11(19)8-12(13)16-15(17(23)25-5-2)10(3)20-18(27)21-16/h6-8,15-16H,3-5,9H2,1-2H3,(H2,20,21,27)/t15-,16+/m0/s1. The monoisotopic (exact) mass is 412 g/mol. The number of carbonyl (C=O) groups is 2. The minimum atomic E-state index is -0.764. The molecule has 1 heterocycles. The Kier molecular flexibility index (Phi) is 7.44. The third kappa shape index (κ3) is 5.33. The van der Waals surface area contributed by atoms with E-state index in [-0.39, 0.29) is 19.8 Å². The van der Waals surface area contributed by atoms with E-state index in [0.717, 1.165) is 0 Å². The van der Waals surface area contributed by atoms with Crippen molar-refractivity contribution < 1.29 is 23.8 Å². The first kappa shape index (κ1) is 21.0. The molecule has 0 amide bonds. The lowest BCUT2D eigenvalue weighted by molar-refractivity contribution is -0.148. The summed E-state index contributed by atoms with van der Waals surface area (Å²) in [5.74, 6) is -1.36. The van der Waals surface area contributed by atoms with Gasteiger partial charge in [0, 0.05) is 16.3 Å². The van der Waals surface area contributed by atoms with E-state index in [9.17, 15) is 9.59 Å². The molecule has 0 radical (unpaired) electrons. The average molecular weight is 413 g/mol. The Labute approximate surface area is 168 Å². The molecule has 146 valence electrons. The Hall–Kier alpha value is -2.32. The molecule has 0 aromatic heterocycles. The summed E-state index contributed by atoms with van der Waals surface area (Å²) in [7, 11) is 0. The number of hydrogen-bond acceptors (Lipinski definition) is 6. The molecule has 2 rings (SSSR count). The fourth-order valence-electron chi connectivity index (χ4n) is 2.69. The van der Waals surface area contributed by atoms with Crippen LogP contribution in [0.2, 0.25) is 5.02 Å². The normalized spacial score (nSPS) is 18.9. The molecule has 27 heavy (non-hydrogen) atoms. The van der Waals surface area contributed by atoms with Gasteiger partial charge in [-0.3, -0.25) is 4.79 Å². The smallest absolute Gasteiger partial charge is 0.344 e. The van der Waals surface area contributed by atoms with Gasteiger partial charge in [0.1, 0.15) is 11.7 Å². The predicted octanol–water partition coefficient (Wildman–Crippen LogP) is 2.49. The number of esters is 2. The van der Waals surface area contributed by atoms with Gasteiger partial charge in [0.25, 0.3) is 0 Å². The molecule has 0 unspecified atom stereocenters. The Morgan fingerprint density at radius 3 is 2.63 bits per heavy atom. The highest BCUT2D eigenvalue weighted by Crippen LogP contribution is 2.37. The number of nitrogens with one attached hydrogen (secondary N) is 2. The van der Waals surface area contributed by atoms with Crippen molar-refractivity contribution in [1.29, 1.82) is 0 Å². The molecule has 9 heteroatoms. The number of thiocarbonyl (C=S) groups is 1. The van der Waals surface area contributed by atoms with Crippen molar-refractivity contribution in [3.05, 3.63) is 41.1 Å². The van der Waals surface area contributed by atoms with E-state index in [2.05, 4.69) is 17.2 Å². The molecule has 0 bridgehead atoms. The van der Waals surface area contributed by atoms with Gasteiger partial charge in [-0.15, -0.1) is 0 Å². The number of rotatable bonds is 7. The summed E-state index contributed by atoms with van der Waals surface area (Å²) in [5.41, 5.74) is 0.952. The average Bonchev–Trinajstić information content (AvgIpc) is 2.60. The zero-order valence-corrected chi connectivity index (χ0v) is 16.6. The van der Waals surface area contributed by atoms with E-state index < -0.39 is 23.9 Å². The van der Waals surface area contributed by atoms with E-state index in [4.69, 9.17) is 38.0 Å². The van der Waals surface area contributed by atoms with Crippen LogP contribution in [0.1, 0.15) is 25.5 Å². The minimum Gasteiger partial charge on any atom is -0.482 e. The van der Waals surface area contributed by atoms with E-state index in [1.54, 1.807) is 32.0 Å². The number of hydrogen-bond donors (Lipinski definition) is 2. The molecular weight excluding hydrogens is 392 g/mol. The molecule has 1 aliphatic heterocycles. The van der Waals surface area contributed by atoms with Crippen LogP contribution in [0.3, 0.4) is 0 Å². The minimum absolute atomic E-state index is 0.224. The van der Waals surface area contributed by atoms with Gasteiger partial charge in [0.05, 0.1) is 19.3 Å². The van der Waals surface area contributed by atoms with E-state index >= 15 is 0 Å². The van der Waals surface area contributed by atoms with Crippen LogP contribution in [0, 0.1) is 5.92 Å². The lowest BCUT2D eigenvalue weighted by Crippen LogP contribution is -2.51. The summed E-state index contributed by atoms with van der Waals surface area (Å²) < 4.78 is 15.6. The third-order valence-corrected chi connectivity index (χ3v) is 4.22. The lowest BCUT2D eigenvalue weighted by atomic mass is 9.88. The van der Waals surface area contributed by atoms with Crippen LogP contribution >= 0.6 is 23.8 Å². The summed E-state index contributed by atoms with van der Waals surface area (Å²) in [6, 6.07) is 4.27. The van der Waals surface area contributed by atoms with E-state index in [1.165, 1.54) is 0 Å². The van der Waals surface area contributed by atoms with Crippen LogP contribution in [0.4, 0.5) is 0 Å². The number of benzene rings is 1. The van der Waals surface area contributed by atoms with Crippen LogP contribution in [0.25, 0.3) is 0 Å². The second kappa shape index (κ2) is 9.57. The van der Waals surface area contributed by atoms with Crippen molar-refractivity contribution in [3.63, 3.8) is 0 Å². The van der Waals surface area contributed by atoms with Crippen molar-refractivity contribution in [2.45, 2.75) is 19.9 Å². The summed E-state index contributed by atoms with van der Waals surface area (Å²) in [4.78, 5) is 24.1.